The van der Waals surface area contributed by atoms with E-state index < -0.39 is 5.97 Å². The quantitative estimate of drug-likeness (QED) is 0.514. The first-order chi connectivity index (χ1) is 15.1. The molecular formula is C24H24N4O3. The van der Waals surface area contributed by atoms with Gasteiger partial charge in [-0.25, -0.2) is 0 Å². The Morgan fingerprint density at radius 1 is 1.06 bits per heavy atom. The first kappa shape index (κ1) is 19.4. The van der Waals surface area contributed by atoms with Crippen LogP contribution in [0.2, 0.25) is 0 Å². The van der Waals surface area contributed by atoms with Crippen molar-refractivity contribution in [2.45, 2.75) is 25.8 Å². The average Bonchev–Trinajstić information content (AvgIpc) is 3.13. The second-order valence-electron chi connectivity index (χ2n) is 8.08. The number of piperidine rings is 1. The number of anilines is 1. The number of hydrogen-bond acceptors (Lipinski definition) is 5. The molecular weight excluding hydrogens is 392 g/mol. The lowest BCUT2D eigenvalue weighted by Gasteiger charge is -2.32. The number of fused-ring (bicyclic) bond motifs is 2. The first-order valence-electron chi connectivity index (χ1n) is 10.6. The van der Waals surface area contributed by atoms with E-state index in [-0.39, 0.29) is 11.8 Å². The number of para-hydroxylation sites is 1. The number of aryl methyl sites for hydroxylation is 2. The van der Waals surface area contributed by atoms with Crippen molar-refractivity contribution in [1.29, 1.82) is 0 Å². The van der Waals surface area contributed by atoms with Crippen LogP contribution in [0.1, 0.15) is 18.5 Å². The molecule has 7 heteroatoms. The van der Waals surface area contributed by atoms with Crippen molar-refractivity contribution in [1.82, 2.24) is 14.5 Å². The Balaban J connectivity index is 1.38. The summed E-state index contributed by atoms with van der Waals surface area (Å²) in [5.41, 5.74) is 3.59. The molecule has 0 spiro atoms. The van der Waals surface area contributed by atoms with Crippen molar-refractivity contribution in [3.05, 3.63) is 60.6 Å². The second-order valence-corrected chi connectivity index (χ2v) is 8.08. The second kappa shape index (κ2) is 7.91. The van der Waals surface area contributed by atoms with Gasteiger partial charge < -0.3 is 19.7 Å². The van der Waals surface area contributed by atoms with Gasteiger partial charge in [0.1, 0.15) is 0 Å². The van der Waals surface area contributed by atoms with E-state index in [4.69, 9.17) is 4.98 Å². The molecule has 158 valence electrons. The van der Waals surface area contributed by atoms with Crippen LogP contribution >= 0.6 is 0 Å². The average molecular weight is 416 g/mol. The Hall–Kier alpha value is -3.61. The van der Waals surface area contributed by atoms with Crippen LogP contribution in [0, 0.1) is 5.92 Å². The van der Waals surface area contributed by atoms with E-state index in [2.05, 4.69) is 16.0 Å². The van der Waals surface area contributed by atoms with Gasteiger partial charge in [-0.3, -0.25) is 14.8 Å². The highest BCUT2D eigenvalue weighted by atomic mass is 16.4. The summed E-state index contributed by atoms with van der Waals surface area (Å²) in [5, 5.41) is 22.1. The molecule has 5 rings (SSSR count). The molecule has 2 N–H and O–H groups in total. The lowest BCUT2D eigenvalue weighted by atomic mass is 9.96. The summed E-state index contributed by atoms with van der Waals surface area (Å²) >= 11 is 0. The van der Waals surface area contributed by atoms with E-state index in [1.807, 2.05) is 47.2 Å². The predicted octanol–water partition coefficient (Wildman–Crippen LogP) is 3.83. The Morgan fingerprint density at radius 2 is 1.87 bits per heavy atom. The molecule has 3 aromatic heterocycles. The lowest BCUT2D eigenvalue weighted by molar-refractivity contribution is -0.142. The minimum absolute atomic E-state index is 0.194. The zero-order valence-electron chi connectivity index (χ0n) is 17.1. The number of rotatable bonds is 5. The molecule has 31 heavy (non-hydrogen) atoms. The monoisotopic (exact) mass is 416 g/mol. The maximum absolute atomic E-state index is 11.3. The third-order valence-corrected chi connectivity index (χ3v) is 6.18. The highest BCUT2D eigenvalue weighted by molar-refractivity contribution is 5.96. The van der Waals surface area contributed by atoms with Crippen molar-refractivity contribution >= 4 is 33.5 Å². The van der Waals surface area contributed by atoms with Crippen LogP contribution in [-0.4, -0.2) is 43.8 Å². The lowest BCUT2D eigenvalue weighted by Crippen LogP contribution is -2.36. The normalized spacial score (nSPS) is 15.0. The zero-order chi connectivity index (χ0) is 21.4. The van der Waals surface area contributed by atoms with Gasteiger partial charge in [-0.2, -0.15) is 0 Å². The van der Waals surface area contributed by atoms with E-state index in [1.165, 1.54) is 0 Å². The summed E-state index contributed by atoms with van der Waals surface area (Å²) in [6.45, 7) is 1.90. The Morgan fingerprint density at radius 3 is 2.68 bits per heavy atom. The van der Waals surface area contributed by atoms with Crippen LogP contribution in [0.15, 0.2) is 54.9 Å². The number of aliphatic carboxylic acids is 1. The molecule has 0 aliphatic carbocycles. The first-order valence-corrected chi connectivity index (χ1v) is 10.6. The Bertz CT molecular complexity index is 1260. The van der Waals surface area contributed by atoms with Crippen molar-refractivity contribution in [2.75, 3.05) is 18.0 Å². The van der Waals surface area contributed by atoms with Gasteiger partial charge in [0.25, 0.3) is 0 Å². The van der Waals surface area contributed by atoms with Gasteiger partial charge in [0.15, 0.2) is 0 Å². The maximum atomic E-state index is 11.3. The maximum Gasteiger partial charge on any atom is 0.306 e. The third kappa shape index (κ3) is 3.67. The molecule has 0 radical (unpaired) electrons. The van der Waals surface area contributed by atoms with Crippen molar-refractivity contribution in [3.8, 4) is 5.88 Å². The van der Waals surface area contributed by atoms with Crippen LogP contribution in [0.3, 0.4) is 0 Å². The number of hydrogen-bond donors (Lipinski definition) is 2. The molecule has 0 unspecified atom stereocenters. The summed E-state index contributed by atoms with van der Waals surface area (Å²) in [6, 6.07) is 14.0. The number of carboxylic acids is 1. The topological polar surface area (TPSA) is 91.5 Å². The SMILES string of the molecule is O=C(O)C1CCN(c2ccnc3cn(CCc4ccc5ccccc5n4)c(O)c23)CC1. The molecule has 0 atom stereocenters. The van der Waals surface area contributed by atoms with Crippen molar-refractivity contribution in [3.63, 3.8) is 0 Å². The summed E-state index contributed by atoms with van der Waals surface area (Å²) in [7, 11) is 0. The largest absolute Gasteiger partial charge is 0.494 e. The van der Waals surface area contributed by atoms with Gasteiger partial charge in [0, 0.05) is 49.5 Å². The Kier molecular flexibility index (Phi) is 4.94. The summed E-state index contributed by atoms with van der Waals surface area (Å²) in [4.78, 5) is 22.6. The van der Waals surface area contributed by atoms with E-state index in [0.29, 0.717) is 38.9 Å². The molecule has 1 aliphatic rings. The van der Waals surface area contributed by atoms with Crippen LogP contribution in [0.4, 0.5) is 5.69 Å². The van der Waals surface area contributed by atoms with Crippen LogP contribution in [0.5, 0.6) is 5.88 Å². The molecule has 1 aliphatic heterocycles. The number of aromatic hydroxyl groups is 1. The molecule has 7 nitrogen and oxygen atoms in total. The van der Waals surface area contributed by atoms with Gasteiger partial charge >= 0.3 is 5.97 Å². The van der Waals surface area contributed by atoms with Crippen molar-refractivity contribution in [2.24, 2.45) is 5.92 Å². The molecule has 0 amide bonds. The third-order valence-electron chi connectivity index (χ3n) is 6.18. The van der Waals surface area contributed by atoms with E-state index in [0.717, 1.165) is 33.2 Å². The highest BCUT2D eigenvalue weighted by Gasteiger charge is 2.26. The molecule has 1 saturated heterocycles. The van der Waals surface area contributed by atoms with E-state index >= 15 is 0 Å². The molecule has 4 heterocycles. The van der Waals surface area contributed by atoms with Crippen LogP contribution in [-0.2, 0) is 17.8 Å². The van der Waals surface area contributed by atoms with Crippen LogP contribution in [0.25, 0.3) is 21.8 Å². The van der Waals surface area contributed by atoms with E-state index in [9.17, 15) is 15.0 Å². The molecule has 4 aromatic rings. The number of carboxylic acid groups (broad SMARTS) is 1. The van der Waals surface area contributed by atoms with E-state index in [1.54, 1.807) is 6.20 Å². The number of benzene rings is 1. The van der Waals surface area contributed by atoms with Gasteiger partial charge in [-0.15, -0.1) is 0 Å². The fourth-order valence-electron chi connectivity index (χ4n) is 4.43. The zero-order valence-corrected chi connectivity index (χ0v) is 17.1. The molecule has 1 aromatic carbocycles. The summed E-state index contributed by atoms with van der Waals surface area (Å²) < 4.78 is 1.82. The highest BCUT2D eigenvalue weighted by Crippen LogP contribution is 2.36. The summed E-state index contributed by atoms with van der Waals surface area (Å²) in [5.74, 6) is -0.823. The minimum atomic E-state index is -0.726. The number of aromatic nitrogens is 3. The van der Waals surface area contributed by atoms with Gasteiger partial charge in [0.05, 0.1) is 28.0 Å². The Labute approximate surface area is 179 Å². The van der Waals surface area contributed by atoms with Crippen molar-refractivity contribution < 1.29 is 15.0 Å². The smallest absolute Gasteiger partial charge is 0.306 e. The van der Waals surface area contributed by atoms with Crippen LogP contribution < -0.4 is 4.90 Å². The number of pyridine rings is 2. The van der Waals surface area contributed by atoms with Gasteiger partial charge in [-0.05, 0) is 31.0 Å². The molecule has 0 bridgehead atoms. The molecule has 0 saturated carbocycles. The number of nitrogens with zero attached hydrogens (tertiary/aromatic N) is 4. The summed E-state index contributed by atoms with van der Waals surface area (Å²) in [6.07, 6.45) is 5.52. The molecule has 1 fully saturated rings. The predicted molar refractivity (Wildman–Crippen MR) is 119 cm³/mol. The number of carbonyl (C=O) groups is 1. The van der Waals surface area contributed by atoms with Gasteiger partial charge in [0.2, 0.25) is 5.88 Å². The standard InChI is InChI=1S/C24H24N4O3/c29-23-22-20(25-11-7-21(22)27-12-8-17(9-13-27)24(30)31)15-28(23)14-10-18-6-5-16-3-1-2-4-19(16)26-18/h1-7,11,15,17,29H,8-10,12-14H2,(H,30,31). The fourth-order valence-corrected chi connectivity index (χ4v) is 4.43. The van der Waals surface area contributed by atoms with Gasteiger partial charge in [-0.1, -0.05) is 24.3 Å². The minimum Gasteiger partial charge on any atom is -0.494 e. The fraction of sp³-hybridized carbons (Fsp3) is 0.292.